The van der Waals surface area contributed by atoms with Gasteiger partial charge < -0.3 is 14.0 Å². The Bertz CT molecular complexity index is 987. The molecular weight excluding hydrogens is 326 g/mol. The SMILES string of the molecule is CCCC1Cc2cc(OC)ccc2-c2c(C=O)c3cc(OC)ccc3n21. The summed E-state index contributed by atoms with van der Waals surface area (Å²) in [4.78, 5) is 12.1. The lowest BCUT2D eigenvalue weighted by molar-refractivity contribution is 0.112. The molecule has 3 aromatic rings. The van der Waals surface area contributed by atoms with Crippen LogP contribution in [0.5, 0.6) is 11.5 Å². The number of fused-ring (bicyclic) bond motifs is 5. The maximum absolute atomic E-state index is 12.1. The van der Waals surface area contributed by atoms with Crippen molar-refractivity contribution in [3.05, 3.63) is 47.5 Å². The minimum Gasteiger partial charge on any atom is -0.497 e. The molecular formula is C22H23NO3. The normalized spacial score (nSPS) is 15.4. The Morgan fingerprint density at radius 2 is 1.85 bits per heavy atom. The largest absolute Gasteiger partial charge is 0.497 e. The molecule has 1 aliphatic rings. The first-order valence-corrected chi connectivity index (χ1v) is 9.06. The fraction of sp³-hybridized carbons (Fsp3) is 0.318. The summed E-state index contributed by atoms with van der Waals surface area (Å²) in [6.07, 6.45) is 4.09. The van der Waals surface area contributed by atoms with E-state index in [1.807, 2.05) is 18.2 Å². The van der Waals surface area contributed by atoms with Gasteiger partial charge in [0.2, 0.25) is 0 Å². The van der Waals surface area contributed by atoms with Gasteiger partial charge in [-0.25, -0.2) is 0 Å². The van der Waals surface area contributed by atoms with Gasteiger partial charge in [0.15, 0.2) is 6.29 Å². The summed E-state index contributed by atoms with van der Waals surface area (Å²) in [7, 11) is 3.34. The molecule has 0 aliphatic carbocycles. The average molecular weight is 349 g/mol. The van der Waals surface area contributed by atoms with Crippen LogP contribution in [-0.2, 0) is 6.42 Å². The number of hydrogen-bond donors (Lipinski definition) is 0. The predicted molar refractivity (Wildman–Crippen MR) is 104 cm³/mol. The van der Waals surface area contributed by atoms with E-state index in [-0.39, 0.29) is 0 Å². The molecule has 0 bridgehead atoms. The third kappa shape index (κ3) is 2.40. The molecule has 0 saturated carbocycles. The number of hydrogen-bond acceptors (Lipinski definition) is 3. The van der Waals surface area contributed by atoms with E-state index in [9.17, 15) is 4.79 Å². The van der Waals surface area contributed by atoms with Gasteiger partial charge in [0, 0.05) is 28.1 Å². The van der Waals surface area contributed by atoms with Gasteiger partial charge in [-0.2, -0.15) is 0 Å². The summed E-state index contributed by atoms with van der Waals surface area (Å²) in [5.41, 5.74) is 5.23. The van der Waals surface area contributed by atoms with Crippen LogP contribution in [0.2, 0.25) is 0 Å². The Balaban J connectivity index is 2.06. The van der Waals surface area contributed by atoms with Crippen molar-refractivity contribution in [1.29, 1.82) is 0 Å². The topological polar surface area (TPSA) is 40.5 Å². The molecule has 0 radical (unpaired) electrons. The summed E-state index contributed by atoms with van der Waals surface area (Å²) in [5, 5.41) is 0.958. The molecule has 1 aliphatic heterocycles. The number of carbonyl (C=O) groups excluding carboxylic acids is 1. The van der Waals surface area contributed by atoms with Gasteiger partial charge in [0.1, 0.15) is 11.5 Å². The number of aldehydes is 1. The van der Waals surface area contributed by atoms with Crippen molar-refractivity contribution >= 4 is 17.2 Å². The van der Waals surface area contributed by atoms with Gasteiger partial charge >= 0.3 is 0 Å². The highest BCUT2D eigenvalue weighted by atomic mass is 16.5. The smallest absolute Gasteiger partial charge is 0.152 e. The number of carbonyl (C=O) groups is 1. The molecule has 4 nitrogen and oxygen atoms in total. The molecule has 1 aromatic heterocycles. The highest BCUT2D eigenvalue weighted by Gasteiger charge is 2.29. The first-order chi connectivity index (χ1) is 12.7. The van der Waals surface area contributed by atoms with E-state index in [0.717, 1.165) is 64.8 Å². The number of benzene rings is 2. The van der Waals surface area contributed by atoms with Crippen molar-refractivity contribution in [2.45, 2.75) is 32.2 Å². The van der Waals surface area contributed by atoms with Gasteiger partial charge in [0.05, 0.1) is 19.9 Å². The van der Waals surface area contributed by atoms with Gasteiger partial charge in [0.25, 0.3) is 0 Å². The van der Waals surface area contributed by atoms with E-state index >= 15 is 0 Å². The van der Waals surface area contributed by atoms with E-state index in [0.29, 0.717) is 6.04 Å². The van der Waals surface area contributed by atoms with Gasteiger partial charge in [-0.1, -0.05) is 13.3 Å². The lowest BCUT2D eigenvalue weighted by atomic mass is 9.90. The molecule has 1 unspecified atom stereocenters. The maximum Gasteiger partial charge on any atom is 0.152 e. The molecule has 0 saturated heterocycles. The lowest BCUT2D eigenvalue weighted by Gasteiger charge is -2.29. The van der Waals surface area contributed by atoms with E-state index in [1.165, 1.54) is 5.56 Å². The molecule has 134 valence electrons. The second-order valence-corrected chi connectivity index (χ2v) is 6.80. The summed E-state index contributed by atoms with van der Waals surface area (Å²) < 4.78 is 13.2. The van der Waals surface area contributed by atoms with Crippen LogP contribution in [0, 0.1) is 0 Å². The van der Waals surface area contributed by atoms with Crippen LogP contribution in [0.4, 0.5) is 0 Å². The summed E-state index contributed by atoms with van der Waals surface area (Å²) in [6, 6.07) is 12.5. The van der Waals surface area contributed by atoms with Crippen molar-refractivity contribution in [3.8, 4) is 22.8 Å². The molecule has 0 fully saturated rings. The minimum atomic E-state index is 0.333. The first kappa shape index (κ1) is 16.7. The van der Waals surface area contributed by atoms with Crippen LogP contribution < -0.4 is 9.47 Å². The van der Waals surface area contributed by atoms with Crippen molar-refractivity contribution in [1.82, 2.24) is 4.57 Å². The standard InChI is InChI=1S/C22H23NO3/c1-4-5-15-10-14-11-16(25-2)6-8-18(14)22-20(13-24)19-12-17(26-3)7-9-21(19)23(15)22/h6-9,11-13,15H,4-5,10H2,1-3H3. The van der Waals surface area contributed by atoms with Crippen LogP contribution in [0.1, 0.15) is 41.7 Å². The van der Waals surface area contributed by atoms with Crippen molar-refractivity contribution in [2.24, 2.45) is 0 Å². The quantitative estimate of drug-likeness (QED) is 0.606. The Kier molecular flexibility index (Phi) is 4.19. The Morgan fingerprint density at radius 1 is 1.12 bits per heavy atom. The van der Waals surface area contributed by atoms with Crippen molar-refractivity contribution in [3.63, 3.8) is 0 Å². The number of aromatic nitrogens is 1. The van der Waals surface area contributed by atoms with E-state index in [2.05, 4.69) is 29.7 Å². The van der Waals surface area contributed by atoms with Crippen LogP contribution in [0.15, 0.2) is 36.4 Å². The molecule has 0 spiro atoms. The predicted octanol–water partition coefficient (Wildman–Crippen LogP) is 5.04. The van der Waals surface area contributed by atoms with E-state index in [1.54, 1.807) is 14.2 Å². The highest BCUT2D eigenvalue weighted by molar-refractivity contribution is 6.06. The molecule has 1 atom stereocenters. The van der Waals surface area contributed by atoms with Crippen molar-refractivity contribution in [2.75, 3.05) is 14.2 Å². The lowest BCUT2D eigenvalue weighted by Crippen LogP contribution is -2.19. The van der Waals surface area contributed by atoms with E-state index in [4.69, 9.17) is 9.47 Å². The van der Waals surface area contributed by atoms with Crippen LogP contribution in [-0.4, -0.2) is 25.1 Å². The monoisotopic (exact) mass is 349 g/mol. The second-order valence-electron chi connectivity index (χ2n) is 6.80. The Morgan fingerprint density at radius 3 is 2.54 bits per heavy atom. The molecule has 4 rings (SSSR count). The third-order valence-corrected chi connectivity index (χ3v) is 5.38. The minimum absolute atomic E-state index is 0.333. The number of rotatable bonds is 5. The Labute approximate surface area is 153 Å². The number of methoxy groups -OCH3 is 2. The first-order valence-electron chi connectivity index (χ1n) is 9.06. The number of ether oxygens (including phenoxy) is 2. The van der Waals surface area contributed by atoms with Gasteiger partial charge in [-0.05, 0) is 54.8 Å². The fourth-order valence-corrected chi connectivity index (χ4v) is 4.23. The molecule has 2 aromatic carbocycles. The second kappa shape index (κ2) is 6.52. The Hall–Kier alpha value is -2.75. The average Bonchev–Trinajstić information content (AvgIpc) is 3.01. The molecule has 2 heterocycles. The van der Waals surface area contributed by atoms with Crippen LogP contribution in [0.25, 0.3) is 22.2 Å². The number of nitrogens with zero attached hydrogens (tertiary/aromatic N) is 1. The molecule has 0 amide bonds. The van der Waals surface area contributed by atoms with E-state index < -0.39 is 0 Å². The van der Waals surface area contributed by atoms with Crippen molar-refractivity contribution < 1.29 is 14.3 Å². The zero-order valence-electron chi connectivity index (χ0n) is 15.4. The summed E-state index contributed by atoms with van der Waals surface area (Å²) in [6.45, 7) is 2.20. The highest BCUT2D eigenvalue weighted by Crippen LogP contribution is 2.45. The van der Waals surface area contributed by atoms with Gasteiger partial charge in [-0.3, -0.25) is 4.79 Å². The van der Waals surface area contributed by atoms with Crippen LogP contribution >= 0.6 is 0 Å². The van der Waals surface area contributed by atoms with Gasteiger partial charge in [-0.15, -0.1) is 0 Å². The zero-order valence-corrected chi connectivity index (χ0v) is 15.4. The third-order valence-electron chi connectivity index (χ3n) is 5.38. The summed E-state index contributed by atoms with van der Waals surface area (Å²) in [5.74, 6) is 1.63. The molecule has 4 heteroatoms. The zero-order chi connectivity index (χ0) is 18.3. The molecule has 26 heavy (non-hydrogen) atoms. The summed E-state index contributed by atoms with van der Waals surface area (Å²) >= 11 is 0. The molecule has 0 N–H and O–H groups in total. The van der Waals surface area contributed by atoms with Crippen LogP contribution in [0.3, 0.4) is 0 Å². The maximum atomic E-state index is 12.1. The fourth-order valence-electron chi connectivity index (χ4n) is 4.23.